The molecule has 7 nitrogen and oxygen atoms in total. The minimum absolute atomic E-state index is 0.125. The molecule has 0 radical (unpaired) electrons. The monoisotopic (exact) mass is 376 g/mol. The summed E-state index contributed by atoms with van der Waals surface area (Å²) in [6.45, 7) is 0. The van der Waals surface area contributed by atoms with E-state index in [1.807, 2.05) is 0 Å². The van der Waals surface area contributed by atoms with Gasteiger partial charge in [0.25, 0.3) is 15.7 Å². The number of nitrogens with zero attached hydrogens (tertiary/aromatic N) is 2. The zero-order valence-corrected chi connectivity index (χ0v) is 15.2. The summed E-state index contributed by atoms with van der Waals surface area (Å²) in [7, 11) is -2.48. The first kappa shape index (κ1) is 18.2. The first-order chi connectivity index (χ1) is 12.4. The summed E-state index contributed by atoms with van der Waals surface area (Å²) >= 11 is 0. The first-order valence-corrected chi connectivity index (χ1v) is 9.82. The maximum Gasteiger partial charge on any atom is 0.270 e. The number of sulfonamides is 1. The van der Waals surface area contributed by atoms with Crippen LogP contribution >= 0.6 is 0 Å². The number of rotatable bonds is 6. The van der Waals surface area contributed by atoms with Gasteiger partial charge in [-0.2, -0.15) is 0 Å². The smallest absolute Gasteiger partial charge is 0.270 e. The number of anilines is 1. The molecule has 0 aromatic heterocycles. The quantitative estimate of drug-likeness (QED) is 0.566. The molecule has 0 N–H and O–H groups in total. The topological polar surface area (TPSA) is 89.8 Å². The van der Waals surface area contributed by atoms with E-state index in [4.69, 9.17) is 4.74 Å². The SMILES string of the molecule is CN(c1ccc(OC2CCCC2)cc1)S(=O)(=O)c1cccc([N+](=O)[O-])c1. The summed E-state index contributed by atoms with van der Waals surface area (Å²) in [5, 5.41) is 10.9. The summed E-state index contributed by atoms with van der Waals surface area (Å²) in [6.07, 6.45) is 4.66. The lowest BCUT2D eigenvalue weighted by molar-refractivity contribution is -0.385. The Morgan fingerprint density at radius 1 is 1.12 bits per heavy atom. The highest BCUT2D eigenvalue weighted by Gasteiger charge is 2.23. The first-order valence-electron chi connectivity index (χ1n) is 8.38. The van der Waals surface area contributed by atoms with Crippen molar-refractivity contribution in [2.45, 2.75) is 36.7 Å². The van der Waals surface area contributed by atoms with Crippen molar-refractivity contribution in [3.05, 3.63) is 58.6 Å². The molecule has 138 valence electrons. The summed E-state index contributed by atoms with van der Waals surface area (Å²) in [5.74, 6) is 0.710. The third-order valence-electron chi connectivity index (χ3n) is 4.49. The number of nitro groups is 1. The molecular formula is C18H20N2O5S. The molecule has 0 bridgehead atoms. The van der Waals surface area contributed by atoms with Crippen LogP contribution in [0.3, 0.4) is 0 Å². The maximum atomic E-state index is 12.7. The van der Waals surface area contributed by atoms with Gasteiger partial charge in [0.2, 0.25) is 0 Å². The Labute approximate surface area is 152 Å². The molecule has 2 aromatic rings. The van der Waals surface area contributed by atoms with E-state index in [0.29, 0.717) is 11.4 Å². The number of non-ortho nitro benzene ring substituents is 1. The third kappa shape index (κ3) is 3.80. The molecule has 26 heavy (non-hydrogen) atoms. The zero-order chi connectivity index (χ0) is 18.7. The van der Waals surface area contributed by atoms with Gasteiger partial charge in [0.15, 0.2) is 0 Å². The van der Waals surface area contributed by atoms with Crippen LogP contribution in [0.15, 0.2) is 53.4 Å². The van der Waals surface area contributed by atoms with Gasteiger partial charge < -0.3 is 4.74 Å². The Balaban J connectivity index is 1.79. The summed E-state index contributed by atoms with van der Waals surface area (Å²) in [4.78, 5) is 10.1. The van der Waals surface area contributed by atoms with Gasteiger partial charge in [0.05, 0.1) is 21.6 Å². The Morgan fingerprint density at radius 2 is 1.77 bits per heavy atom. The van der Waals surface area contributed by atoms with Gasteiger partial charge in [-0.3, -0.25) is 14.4 Å². The Bertz CT molecular complexity index is 890. The number of hydrogen-bond donors (Lipinski definition) is 0. The predicted octanol–water partition coefficient (Wildman–Crippen LogP) is 3.74. The van der Waals surface area contributed by atoms with Gasteiger partial charge in [0.1, 0.15) is 5.75 Å². The molecule has 8 heteroatoms. The molecule has 2 aromatic carbocycles. The van der Waals surface area contributed by atoms with Crippen molar-refractivity contribution in [3.63, 3.8) is 0 Å². The highest BCUT2D eigenvalue weighted by atomic mass is 32.2. The number of nitro benzene ring substituents is 1. The molecule has 0 spiro atoms. The van der Waals surface area contributed by atoms with Gasteiger partial charge in [-0.05, 0) is 56.0 Å². The summed E-state index contributed by atoms with van der Waals surface area (Å²) in [5.41, 5.74) is 0.190. The fraction of sp³-hybridized carbons (Fsp3) is 0.333. The van der Waals surface area contributed by atoms with Crippen molar-refractivity contribution in [1.29, 1.82) is 0 Å². The molecule has 1 saturated carbocycles. The second-order valence-electron chi connectivity index (χ2n) is 6.25. The minimum atomic E-state index is -3.90. The van der Waals surface area contributed by atoms with E-state index in [1.54, 1.807) is 24.3 Å². The lowest BCUT2D eigenvalue weighted by Crippen LogP contribution is -2.26. The van der Waals surface area contributed by atoms with Crippen LogP contribution in [0.25, 0.3) is 0 Å². The lowest BCUT2D eigenvalue weighted by Gasteiger charge is -2.20. The standard InChI is InChI=1S/C18H20N2O5S/c1-19(26(23,24)18-8-4-5-15(13-18)20(21)22)14-9-11-17(12-10-14)25-16-6-2-3-7-16/h4-5,8-13,16H,2-3,6-7H2,1H3. The molecule has 0 saturated heterocycles. The normalized spacial score (nSPS) is 15.0. The van der Waals surface area contributed by atoms with E-state index < -0.39 is 14.9 Å². The molecule has 0 unspecified atom stereocenters. The van der Waals surface area contributed by atoms with E-state index in [-0.39, 0.29) is 16.7 Å². The number of benzene rings is 2. The van der Waals surface area contributed by atoms with Crippen molar-refractivity contribution in [3.8, 4) is 5.75 Å². The van der Waals surface area contributed by atoms with E-state index in [0.717, 1.165) is 23.2 Å². The Hall–Kier alpha value is -2.61. The van der Waals surface area contributed by atoms with Crippen molar-refractivity contribution >= 4 is 21.4 Å². The molecular weight excluding hydrogens is 356 g/mol. The largest absolute Gasteiger partial charge is 0.490 e. The van der Waals surface area contributed by atoms with Gasteiger partial charge in [-0.15, -0.1) is 0 Å². The second kappa shape index (κ2) is 7.33. The van der Waals surface area contributed by atoms with Gasteiger partial charge in [-0.25, -0.2) is 8.42 Å². The van der Waals surface area contributed by atoms with Crippen LogP contribution in [0.1, 0.15) is 25.7 Å². The summed E-state index contributed by atoms with van der Waals surface area (Å²) < 4.78 is 32.5. The third-order valence-corrected chi connectivity index (χ3v) is 6.27. The van der Waals surface area contributed by atoms with Gasteiger partial charge in [0, 0.05) is 19.2 Å². The van der Waals surface area contributed by atoms with Crippen LogP contribution in [0.2, 0.25) is 0 Å². The summed E-state index contributed by atoms with van der Waals surface area (Å²) in [6, 6.07) is 11.8. The van der Waals surface area contributed by atoms with Crippen LogP contribution in [-0.2, 0) is 10.0 Å². The van der Waals surface area contributed by atoms with E-state index in [1.165, 1.54) is 38.1 Å². The highest BCUT2D eigenvalue weighted by Crippen LogP contribution is 2.28. The lowest BCUT2D eigenvalue weighted by atomic mass is 10.3. The van der Waals surface area contributed by atoms with Gasteiger partial charge in [-0.1, -0.05) is 6.07 Å². The molecule has 0 amide bonds. The molecule has 0 heterocycles. The van der Waals surface area contributed by atoms with E-state index in [9.17, 15) is 18.5 Å². The molecule has 0 atom stereocenters. The van der Waals surface area contributed by atoms with E-state index >= 15 is 0 Å². The van der Waals surface area contributed by atoms with Crippen LogP contribution in [0.4, 0.5) is 11.4 Å². The van der Waals surface area contributed by atoms with Crippen LogP contribution in [-0.4, -0.2) is 26.5 Å². The fourth-order valence-electron chi connectivity index (χ4n) is 2.99. The molecule has 1 aliphatic carbocycles. The Morgan fingerprint density at radius 3 is 2.38 bits per heavy atom. The fourth-order valence-corrected chi connectivity index (χ4v) is 4.22. The van der Waals surface area contributed by atoms with Crippen molar-refractivity contribution in [2.24, 2.45) is 0 Å². The molecule has 3 rings (SSSR count). The van der Waals surface area contributed by atoms with Crippen molar-refractivity contribution in [1.82, 2.24) is 0 Å². The van der Waals surface area contributed by atoms with Crippen LogP contribution < -0.4 is 9.04 Å². The average Bonchev–Trinajstić information content (AvgIpc) is 3.15. The predicted molar refractivity (Wildman–Crippen MR) is 98.0 cm³/mol. The maximum absolute atomic E-state index is 12.7. The number of hydrogen-bond acceptors (Lipinski definition) is 5. The molecule has 0 aliphatic heterocycles. The van der Waals surface area contributed by atoms with Gasteiger partial charge >= 0.3 is 0 Å². The van der Waals surface area contributed by atoms with Crippen LogP contribution in [0, 0.1) is 10.1 Å². The second-order valence-corrected chi connectivity index (χ2v) is 8.21. The zero-order valence-electron chi connectivity index (χ0n) is 14.4. The van der Waals surface area contributed by atoms with Crippen molar-refractivity contribution in [2.75, 3.05) is 11.4 Å². The van der Waals surface area contributed by atoms with E-state index in [2.05, 4.69) is 0 Å². The average molecular weight is 376 g/mol. The van der Waals surface area contributed by atoms with Crippen molar-refractivity contribution < 1.29 is 18.1 Å². The molecule has 1 aliphatic rings. The Kier molecular flexibility index (Phi) is 5.13. The highest BCUT2D eigenvalue weighted by molar-refractivity contribution is 7.92. The minimum Gasteiger partial charge on any atom is -0.490 e. The molecule has 1 fully saturated rings. The van der Waals surface area contributed by atoms with Crippen LogP contribution in [0.5, 0.6) is 5.75 Å². The number of ether oxygens (including phenoxy) is 1.